The van der Waals surface area contributed by atoms with Crippen LogP contribution in [-0.4, -0.2) is 17.6 Å². The lowest BCUT2D eigenvalue weighted by atomic mass is 10.0. The number of nitrogens with zero attached hydrogens (tertiary/aromatic N) is 1. The molecule has 1 unspecified atom stereocenters. The van der Waals surface area contributed by atoms with Gasteiger partial charge in [0.15, 0.2) is 0 Å². The first-order chi connectivity index (χ1) is 9.27. The predicted octanol–water partition coefficient (Wildman–Crippen LogP) is 4.62. The second-order valence-electron chi connectivity index (χ2n) is 5.17. The summed E-state index contributed by atoms with van der Waals surface area (Å²) in [5, 5.41) is 4.43. The van der Waals surface area contributed by atoms with Crippen LogP contribution >= 0.6 is 11.6 Å². The first-order valence-electron chi connectivity index (χ1n) is 7.59. The van der Waals surface area contributed by atoms with Gasteiger partial charge in [-0.2, -0.15) is 0 Å². The molecule has 1 N–H and O–H groups in total. The van der Waals surface area contributed by atoms with Gasteiger partial charge in [0.25, 0.3) is 0 Å². The van der Waals surface area contributed by atoms with Crippen molar-refractivity contribution < 1.29 is 0 Å². The van der Waals surface area contributed by atoms with Gasteiger partial charge in [-0.3, -0.25) is 4.98 Å². The molecule has 1 aromatic heterocycles. The summed E-state index contributed by atoms with van der Waals surface area (Å²) in [6.45, 7) is 5.55. The minimum Gasteiger partial charge on any atom is -0.314 e. The maximum absolute atomic E-state index is 6.20. The summed E-state index contributed by atoms with van der Waals surface area (Å²) >= 11 is 6.20. The van der Waals surface area contributed by atoms with Gasteiger partial charge in [-0.05, 0) is 37.4 Å². The van der Waals surface area contributed by atoms with Crippen molar-refractivity contribution in [1.82, 2.24) is 10.3 Å². The Bertz CT molecular complexity index is 341. The largest absolute Gasteiger partial charge is 0.314 e. The van der Waals surface area contributed by atoms with Crippen molar-refractivity contribution in [2.24, 2.45) is 0 Å². The standard InChI is InChI=1S/C16H27ClN2/c1-3-5-6-7-8-15(19-10-4-2)12-14-9-11-18-13-16(14)17/h9,11,13,15,19H,3-8,10,12H2,1-2H3. The molecule has 0 spiro atoms. The minimum absolute atomic E-state index is 0.539. The Morgan fingerprint density at radius 3 is 2.74 bits per heavy atom. The lowest BCUT2D eigenvalue weighted by molar-refractivity contribution is 0.453. The van der Waals surface area contributed by atoms with E-state index in [0.29, 0.717) is 6.04 Å². The van der Waals surface area contributed by atoms with Crippen molar-refractivity contribution in [1.29, 1.82) is 0 Å². The third-order valence-electron chi connectivity index (χ3n) is 3.41. The highest BCUT2D eigenvalue weighted by Gasteiger charge is 2.10. The molecule has 1 atom stereocenters. The number of rotatable bonds is 10. The van der Waals surface area contributed by atoms with E-state index in [0.717, 1.165) is 18.0 Å². The fraction of sp³-hybridized carbons (Fsp3) is 0.688. The van der Waals surface area contributed by atoms with Crippen molar-refractivity contribution in [3.05, 3.63) is 29.0 Å². The molecule has 0 aliphatic carbocycles. The van der Waals surface area contributed by atoms with E-state index in [1.165, 1.54) is 44.1 Å². The molecule has 0 fully saturated rings. The Morgan fingerprint density at radius 1 is 1.21 bits per heavy atom. The summed E-state index contributed by atoms with van der Waals surface area (Å²) in [5.74, 6) is 0. The fourth-order valence-corrected chi connectivity index (χ4v) is 2.47. The van der Waals surface area contributed by atoms with Crippen LogP contribution in [-0.2, 0) is 6.42 Å². The van der Waals surface area contributed by atoms with Gasteiger partial charge in [-0.25, -0.2) is 0 Å². The van der Waals surface area contributed by atoms with Gasteiger partial charge >= 0.3 is 0 Å². The molecule has 0 saturated carbocycles. The topological polar surface area (TPSA) is 24.9 Å². The van der Waals surface area contributed by atoms with E-state index in [1.807, 2.05) is 12.3 Å². The molecule has 0 saturated heterocycles. The molecule has 2 nitrogen and oxygen atoms in total. The lowest BCUT2D eigenvalue weighted by Crippen LogP contribution is -2.31. The first-order valence-corrected chi connectivity index (χ1v) is 7.97. The zero-order chi connectivity index (χ0) is 13.9. The Kier molecular flexibility index (Phi) is 8.85. The highest BCUT2D eigenvalue weighted by Crippen LogP contribution is 2.17. The molecule has 1 aromatic rings. The number of nitrogens with one attached hydrogen (secondary N) is 1. The smallest absolute Gasteiger partial charge is 0.0621 e. The number of halogens is 1. The van der Waals surface area contributed by atoms with Crippen molar-refractivity contribution in [2.75, 3.05) is 6.54 Å². The van der Waals surface area contributed by atoms with Crippen LogP contribution in [0.25, 0.3) is 0 Å². The van der Waals surface area contributed by atoms with Crippen LogP contribution in [0.4, 0.5) is 0 Å². The highest BCUT2D eigenvalue weighted by molar-refractivity contribution is 6.31. The fourth-order valence-electron chi connectivity index (χ4n) is 2.28. The predicted molar refractivity (Wildman–Crippen MR) is 83.8 cm³/mol. The molecule has 1 heterocycles. The Hall–Kier alpha value is -0.600. The van der Waals surface area contributed by atoms with Crippen LogP contribution in [0.15, 0.2) is 18.5 Å². The van der Waals surface area contributed by atoms with Gasteiger partial charge in [0.2, 0.25) is 0 Å². The number of hydrogen-bond acceptors (Lipinski definition) is 2. The first kappa shape index (κ1) is 16.5. The van der Waals surface area contributed by atoms with Crippen molar-refractivity contribution in [2.45, 2.75) is 64.8 Å². The van der Waals surface area contributed by atoms with E-state index in [2.05, 4.69) is 24.1 Å². The third-order valence-corrected chi connectivity index (χ3v) is 3.75. The molecule has 0 amide bonds. The zero-order valence-corrected chi connectivity index (χ0v) is 13.0. The van der Waals surface area contributed by atoms with Gasteiger partial charge < -0.3 is 5.32 Å². The van der Waals surface area contributed by atoms with Crippen molar-refractivity contribution in [3.63, 3.8) is 0 Å². The number of unbranched alkanes of at least 4 members (excludes halogenated alkanes) is 3. The van der Waals surface area contributed by atoms with Gasteiger partial charge in [0.1, 0.15) is 0 Å². The number of hydrogen-bond donors (Lipinski definition) is 1. The summed E-state index contributed by atoms with van der Waals surface area (Å²) in [6.07, 6.45) is 12.3. The zero-order valence-electron chi connectivity index (χ0n) is 12.3. The molecule has 1 rings (SSSR count). The molecule has 19 heavy (non-hydrogen) atoms. The molecule has 0 aliphatic heterocycles. The second-order valence-corrected chi connectivity index (χ2v) is 5.58. The van der Waals surface area contributed by atoms with Crippen molar-refractivity contribution >= 4 is 11.6 Å². The Labute approximate surface area is 123 Å². The molecule has 0 radical (unpaired) electrons. The molecule has 3 heteroatoms. The molecule has 108 valence electrons. The van der Waals surface area contributed by atoms with Crippen LogP contribution in [0.1, 0.15) is 57.9 Å². The average Bonchev–Trinajstić information content (AvgIpc) is 2.43. The van der Waals surface area contributed by atoms with E-state index in [1.54, 1.807) is 6.20 Å². The third kappa shape index (κ3) is 6.93. The average molecular weight is 283 g/mol. The summed E-state index contributed by atoms with van der Waals surface area (Å²) < 4.78 is 0. The van der Waals surface area contributed by atoms with E-state index >= 15 is 0 Å². The van der Waals surface area contributed by atoms with E-state index in [9.17, 15) is 0 Å². The van der Waals surface area contributed by atoms with Gasteiger partial charge in [-0.1, -0.05) is 51.1 Å². The van der Waals surface area contributed by atoms with Gasteiger partial charge in [0.05, 0.1) is 5.02 Å². The highest BCUT2D eigenvalue weighted by atomic mass is 35.5. The SMILES string of the molecule is CCCCCCC(Cc1ccncc1Cl)NCCC. The van der Waals surface area contributed by atoms with E-state index in [4.69, 9.17) is 11.6 Å². The van der Waals surface area contributed by atoms with E-state index in [-0.39, 0.29) is 0 Å². The van der Waals surface area contributed by atoms with Crippen LogP contribution in [0.2, 0.25) is 5.02 Å². The Balaban J connectivity index is 2.46. The maximum Gasteiger partial charge on any atom is 0.0621 e. The van der Waals surface area contributed by atoms with Crippen LogP contribution in [0, 0.1) is 0 Å². The van der Waals surface area contributed by atoms with Crippen LogP contribution in [0.3, 0.4) is 0 Å². The molecule has 0 bridgehead atoms. The quantitative estimate of drug-likeness (QED) is 0.634. The van der Waals surface area contributed by atoms with E-state index < -0.39 is 0 Å². The molecule has 0 aromatic carbocycles. The minimum atomic E-state index is 0.539. The Morgan fingerprint density at radius 2 is 2.05 bits per heavy atom. The number of aromatic nitrogens is 1. The lowest BCUT2D eigenvalue weighted by Gasteiger charge is -2.19. The van der Waals surface area contributed by atoms with Crippen molar-refractivity contribution in [3.8, 4) is 0 Å². The van der Waals surface area contributed by atoms with Gasteiger partial charge in [-0.15, -0.1) is 0 Å². The monoisotopic (exact) mass is 282 g/mol. The van der Waals surface area contributed by atoms with Crippen LogP contribution in [0.5, 0.6) is 0 Å². The summed E-state index contributed by atoms with van der Waals surface area (Å²) in [4.78, 5) is 4.05. The maximum atomic E-state index is 6.20. The van der Waals surface area contributed by atoms with Crippen LogP contribution < -0.4 is 5.32 Å². The van der Waals surface area contributed by atoms with Gasteiger partial charge in [0, 0.05) is 18.4 Å². The number of pyridine rings is 1. The summed E-state index contributed by atoms with van der Waals surface area (Å²) in [5.41, 5.74) is 1.21. The molecular weight excluding hydrogens is 256 g/mol. The normalized spacial score (nSPS) is 12.6. The summed E-state index contributed by atoms with van der Waals surface area (Å²) in [6, 6.07) is 2.58. The molecule has 0 aliphatic rings. The second kappa shape index (κ2) is 10.2. The molecular formula is C16H27ClN2. The summed E-state index contributed by atoms with van der Waals surface area (Å²) in [7, 11) is 0.